The molecule has 0 spiro atoms. The summed E-state index contributed by atoms with van der Waals surface area (Å²) in [5, 5.41) is 9.39. The zero-order chi connectivity index (χ0) is 13.0. The maximum absolute atomic E-state index is 9.39. The van der Waals surface area contributed by atoms with E-state index in [9.17, 15) is 5.26 Å². The molecule has 1 heterocycles. The zero-order valence-electron chi connectivity index (χ0n) is 11.1. The van der Waals surface area contributed by atoms with E-state index in [1.165, 1.54) is 19.3 Å². The molecule has 1 unspecified atom stereocenters. The van der Waals surface area contributed by atoms with Crippen LogP contribution in [0.1, 0.15) is 31.7 Å². The van der Waals surface area contributed by atoms with E-state index >= 15 is 0 Å². The first-order chi connectivity index (χ1) is 8.76. The lowest BCUT2D eigenvalue weighted by molar-refractivity contribution is 0.521. The highest BCUT2D eigenvalue weighted by molar-refractivity contribution is 7.98. The number of benzene rings is 1. The van der Waals surface area contributed by atoms with Gasteiger partial charge in [-0.25, -0.2) is 0 Å². The van der Waals surface area contributed by atoms with Crippen molar-refractivity contribution in [3.63, 3.8) is 0 Å². The molecular formula is C15H20N2S. The Morgan fingerprint density at radius 2 is 2.17 bits per heavy atom. The normalized spacial score (nSPS) is 20.3. The molecule has 0 saturated carbocycles. The standard InChI is InChI=1S/C15H20N2S/c1-12-5-4-9-17(10-8-12)14-6-3-7-15(18-2)13(14)11-16/h3,6-7,12H,4-5,8-10H2,1-2H3. The SMILES string of the molecule is CSc1cccc(N2CCCC(C)CC2)c1C#N. The molecule has 0 N–H and O–H groups in total. The summed E-state index contributed by atoms with van der Waals surface area (Å²) in [7, 11) is 0. The number of rotatable bonds is 2. The largest absolute Gasteiger partial charge is 0.370 e. The fourth-order valence-corrected chi connectivity index (χ4v) is 3.14. The summed E-state index contributed by atoms with van der Waals surface area (Å²) >= 11 is 1.65. The highest BCUT2D eigenvalue weighted by atomic mass is 32.2. The van der Waals surface area contributed by atoms with Crippen LogP contribution in [0.25, 0.3) is 0 Å². The summed E-state index contributed by atoms with van der Waals surface area (Å²) in [6.45, 7) is 4.48. The van der Waals surface area contributed by atoms with Crippen LogP contribution in [0, 0.1) is 17.2 Å². The molecule has 0 aromatic heterocycles. The van der Waals surface area contributed by atoms with Gasteiger partial charge in [0.15, 0.2) is 0 Å². The average Bonchev–Trinajstić information content (AvgIpc) is 2.62. The number of anilines is 1. The molecule has 1 atom stereocenters. The molecule has 0 aliphatic carbocycles. The van der Waals surface area contributed by atoms with Gasteiger partial charge in [0.2, 0.25) is 0 Å². The lowest BCUT2D eigenvalue weighted by Crippen LogP contribution is -2.25. The Balaban J connectivity index is 2.30. The summed E-state index contributed by atoms with van der Waals surface area (Å²) in [5.41, 5.74) is 1.97. The van der Waals surface area contributed by atoms with Crippen LogP contribution in [-0.4, -0.2) is 19.3 Å². The summed E-state index contributed by atoms with van der Waals surface area (Å²) in [5.74, 6) is 0.810. The second-order valence-electron chi connectivity index (χ2n) is 4.99. The molecule has 3 heteroatoms. The van der Waals surface area contributed by atoms with Crippen molar-refractivity contribution in [2.75, 3.05) is 24.2 Å². The third-order valence-corrected chi connectivity index (χ3v) is 4.47. The van der Waals surface area contributed by atoms with Gasteiger partial charge in [0.05, 0.1) is 11.3 Å². The van der Waals surface area contributed by atoms with Crippen LogP contribution >= 0.6 is 11.8 Å². The molecule has 0 radical (unpaired) electrons. The van der Waals surface area contributed by atoms with Gasteiger partial charge in [-0.1, -0.05) is 13.0 Å². The molecule has 1 aliphatic rings. The molecule has 0 amide bonds. The van der Waals surface area contributed by atoms with Crippen LogP contribution in [0.3, 0.4) is 0 Å². The molecule has 1 saturated heterocycles. The number of nitrogens with zero attached hydrogens (tertiary/aromatic N) is 2. The van der Waals surface area contributed by atoms with E-state index in [1.807, 2.05) is 12.3 Å². The fraction of sp³-hybridized carbons (Fsp3) is 0.533. The Kier molecular flexibility index (Phi) is 4.54. The minimum atomic E-state index is 0.810. The minimum Gasteiger partial charge on any atom is -0.370 e. The van der Waals surface area contributed by atoms with Crippen LogP contribution in [0.15, 0.2) is 23.1 Å². The number of nitriles is 1. The first kappa shape index (κ1) is 13.3. The maximum atomic E-state index is 9.39. The van der Waals surface area contributed by atoms with Crippen LogP contribution in [-0.2, 0) is 0 Å². The third kappa shape index (κ3) is 2.81. The van der Waals surface area contributed by atoms with Gasteiger partial charge in [-0.3, -0.25) is 0 Å². The smallest absolute Gasteiger partial charge is 0.103 e. The van der Waals surface area contributed by atoms with Gasteiger partial charge in [0.25, 0.3) is 0 Å². The Labute approximate surface area is 114 Å². The average molecular weight is 260 g/mol. The van der Waals surface area contributed by atoms with Crippen molar-refractivity contribution >= 4 is 17.4 Å². The Bertz CT molecular complexity index is 450. The van der Waals surface area contributed by atoms with Gasteiger partial charge in [0.1, 0.15) is 6.07 Å². The topological polar surface area (TPSA) is 27.0 Å². The van der Waals surface area contributed by atoms with Gasteiger partial charge < -0.3 is 4.90 Å². The number of hydrogen-bond donors (Lipinski definition) is 0. The second-order valence-corrected chi connectivity index (χ2v) is 5.84. The van der Waals surface area contributed by atoms with Gasteiger partial charge in [0, 0.05) is 18.0 Å². The van der Waals surface area contributed by atoms with Crippen molar-refractivity contribution in [3.8, 4) is 6.07 Å². The van der Waals surface area contributed by atoms with Crippen molar-refractivity contribution in [1.29, 1.82) is 5.26 Å². The van der Waals surface area contributed by atoms with E-state index < -0.39 is 0 Å². The van der Waals surface area contributed by atoms with Crippen molar-refractivity contribution in [1.82, 2.24) is 0 Å². The highest BCUT2D eigenvalue weighted by Crippen LogP contribution is 2.31. The molecule has 1 aromatic rings. The molecule has 1 aliphatic heterocycles. The summed E-state index contributed by atoms with van der Waals surface area (Å²) in [6, 6.07) is 8.57. The number of hydrogen-bond acceptors (Lipinski definition) is 3. The molecule has 1 aromatic carbocycles. The summed E-state index contributed by atoms with van der Waals surface area (Å²) < 4.78 is 0. The molecule has 18 heavy (non-hydrogen) atoms. The van der Waals surface area contributed by atoms with Crippen molar-refractivity contribution in [2.45, 2.75) is 31.1 Å². The van der Waals surface area contributed by atoms with Crippen molar-refractivity contribution in [2.24, 2.45) is 5.92 Å². The van der Waals surface area contributed by atoms with Crippen LogP contribution < -0.4 is 4.90 Å². The van der Waals surface area contributed by atoms with Crippen LogP contribution in [0.5, 0.6) is 0 Å². The molecule has 2 nitrogen and oxygen atoms in total. The second kappa shape index (κ2) is 6.15. The van der Waals surface area contributed by atoms with E-state index in [-0.39, 0.29) is 0 Å². The molecule has 96 valence electrons. The van der Waals surface area contributed by atoms with Crippen molar-refractivity contribution in [3.05, 3.63) is 23.8 Å². The van der Waals surface area contributed by atoms with E-state index in [1.54, 1.807) is 11.8 Å². The van der Waals surface area contributed by atoms with Crippen LogP contribution in [0.2, 0.25) is 0 Å². The first-order valence-electron chi connectivity index (χ1n) is 6.58. The molecule has 2 rings (SSSR count). The molecule has 0 bridgehead atoms. The minimum absolute atomic E-state index is 0.810. The lowest BCUT2D eigenvalue weighted by atomic mass is 10.0. The third-order valence-electron chi connectivity index (χ3n) is 3.69. The summed E-state index contributed by atoms with van der Waals surface area (Å²) in [6.07, 6.45) is 5.80. The van der Waals surface area contributed by atoms with E-state index in [0.717, 1.165) is 35.2 Å². The van der Waals surface area contributed by atoms with Gasteiger partial charge >= 0.3 is 0 Å². The zero-order valence-corrected chi connectivity index (χ0v) is 12.0. The van der Waals surface area contributed by atoms with E-state index in [4.69, 9.17) is 0 Å². The Morgan fingerprint density at radius 1 is 1.33 bits per heavy atom. The fourth-order valence-electron chi connectivity index (χ4n) is 2.57. The highest BCUT2D eigenvalue weighted by Gasteiger charge is 2.17. The predicted octanol–water partition coefficient (Wildman–Crippen LogP) is 3.91. The van der Waals surface area contributed by atoms with Gasteiger partial charge in [-0.2, -0.15) is 5.26 Å². The Morgan fingerprint density at radius 3 is 2.89 bits per heavy atom. The van der Waals surface area contributed by atoms with E-state index in [0.29, 0.717) is 0 Å². The lowest BCUT2D eigenvalue weighted by Gasteiger charge is -2.24. The first-order valence-corrected chi connectivity index (χ1v) is 7.80. The monoisotopic (exact) mass is 260 g/mol. The Hall–Kier alpha value is -1.14. The van der Waals surface area contributed by atoms with Gasteiger partial charge in [-0.15, -0.1) is 11.8 Å². The molecular weight excluding hydrogens is 240 g/mol. The maximum Gasteiger partial charge on any atom is 0.103 e. The summed E-state index contributed by atoms with van der Waals surface area (Å²) in [4.78, 5) is 3.48. The van der Waals surface area contributed by atoms with Crippen LogP contribution in [0.4, 0.5) is 5.69 Å². The van der Waals surface area contributed by atoms with Gasteiger partial charge in [-0.05, 0) is 43.6 Å². The predicted molar refractivity (Wildman–Crippen MR) is 78.2 cm³/mol. The quantitative estimate of drug-likeness (QED) is 0.754. The van der Waals surface area contributed by atoms with Crippen molar-refractivity contribution < 1.29 is 0 Å². The number of thioether (sulfide) groups is 1. The van der Waals surface area contributed by atoms with E-state index in [2.05, 4.69) is 30.0 Å². The molecule has 1 fully saturated rings.